The smallest absolute Gasteiger partial charge is 0.361 e. The number of oxime groups is 1. The number of benzene rings is 2. The number of hydrogen-bond acceptors (Lipinski definition) is 7. The molecule has 0 spiro atoms. The summed E-state index contributed by atoms with van der Waals surface area (Å²) < 4.78 is 16.5. The Morgan fingerprint density at radius 1 is 0.931 bits per heavy atom. The first-order valence-electron chi connectivity index (χ1n) is 9.43. The minimum Gasteiger partial charge on any atom is -0.490 e. The highest BCUT2D eigenvalue weighted by Crippen LogP contribution is 2.26. The van der Waals surface area contributed by atoms with Crippen LogP contribution in [0.4, 0.5) is 0 Å². The summed E-state index contributed by atoms with van der Waals surface area (Å²) in [6, 6.07) is 17.7. The van der Waals surface area contributed by atoms with Crippen molar-refractivity contribution in [3.05, 3.63) is 59.5 Å². The normalized spacial score (nSPS) is 11.3. The van der Waals surface area contributed by atoms with Gasteiger partial charge in [0.1, 0.15) is 25.6 Å². The minimum absolute atomic E-state index is 0.140. The number of nitrogens with zero attached hydrogens (tertiary/aromatic N) is 1. The molecule has 0 amide bonds. The quantitative estimate of drug-likeness (QED) is 0.209. The van der Waals surface area contributed by atoms with E-state index in [4.69, 9.17) is 19.0 Å². The molecule has 1 aromatic heterocycles. The molecule has 0 aliphatic rings. The lowest BCUT2D eigenvalue weighted by molar-refractivity contribution is -0.135. The number of fused-ring (bicyclic) bond motifs is 1. The Labute approximate surface area is 173 Å². The van der Waals surface area contributed by atoms with Crippen LogP contribution in [-0.4, -0.2) is 38.1 Å². The van der Waals surface area contributed by atoms with Crippen LogP contribution in [0.3, 0.4) is 0 Å². The van der Waals surface area contributed by atoms with E-state index in [9.17, 15) is 4.79 Å². The van der Waals surface area contributed by atoms with E-state index >= 15 is 0 Å². The van der Waals surface area contributed by atoms with Crippen LogP contribution in [-0.2, 0) is 14.4 Å². The maximum absolute atomic E-state index is 12.1. The van der Waals surface area contributed by atoms with Gasteiger partial charge in [-0.3, -0.25) is 0 Å². The average molecular weight is 413 g/mol. The lowest BCUT2D eigenvalue weighted by Crippen LogP contribution is -2.18. The minimum atomic E-state index is -0.519. The lowest BCUT2D eigenvalue weighted by atomic mass is 10.1. The molecule has 7 heteroatoms. The molecular weight excluding hydrogens is 390 g/mol. The Morgan fingerprint density at radius 2 is 1.72 bits per heavy atom. The van der Waals surface area contributed by atoms with Crippen molar-refractivity contribution in [1.29, 1.82) is 0 Å². The van der Waals surface area contributed by atoms with Crippen LogP contribution in [0.5, 0.6) is 10.8 Å². The van der Waals surface area contributed by atoms with Crippen LogP contribution in [0.1, 0.15) is 18.7 Å². The Morgan fingerprint density at radius 3 is 2.52 bits per heavy atom. The maximum atomic E-state index is 12.1. The topological polar surface area (TPSA) is 66.4 Å². The van der Waals surface area contributed by atoms with Crippen LogP contribution < -0.4 is 9.47 Å². The molecule has 0 saturated heterocycles. The number of esters is 1. The highest BCUT2D eigenvalue weighted by atomic mass is 32.1. The van der Waals surface area contributed by atoms with Gasteiger partial charge in [-0.2, -0.15) is 0 Å². The highest BCUT2D eigenvalue weighted by Gasteiger charge is 2.19. The Bertz CT molecular complexity index is 982. The van der Waals surface area contributed by atoms with Crippen molar-refractivity contribution in [3.8, 4) is 10.8 Å². The summed E-state index contributed by atoms with van der Waals surface area (Å²) in [7, 11) is 0. The first-order chi connectivity index (χ1) is 14.2. The zero-order valence-electron chi connectivity index (χ0n) is 16.4. The summed E-state index contributed by atoms with van der Waals surface area (Å²) in [5.41, 5.74) is 0.140. The second-order valence-electron chi connectivity index (χ2n) is 5.90. The summed E-state index contributed by atoms with van der Waals surface area (Å²) in [5, 5.41) is 6.85. The molecule has 0 aliphatic carbocycles. The summed E-state index contributed by atoms with van der Waals surface area (Å²) in [5.74, 6) is 0.279. The van der Waals surface area contributed by atoms with Crippen molar-refractivity contribution in [3.63, 3.8) is 0 Å². The predicted molar refractivity (Wildman–Crippen MR) is 114 cm³/mol. The van der Waals surface area contributed by atoms with E-state index in [0.29, 0.717) is 29.8 Å². The molecule has 29 heavy (non-hydrogen) atoms. The Hall–Kier alpha value is -3.06. The van der Waals surface area contributed by atoms with E-state index in [1.54, 1.807) is 26.0 Å². The molecule has 0 bridgehead atoms. The Kier molecular flexibility index (Phi) is 7.47. The van der Waals surface area contributed by atoms with Gasteiger partial charge in [0, 0.05) is 0 Å². The van der Waals surface area contributed by atoms with Crippen LogP contribution >= 0.6 is 11.3 Å². The number of ether oxygens (including phenoxy) is 3. The molecule has 0 atom stereocenters. The zero-order chi connectivity index (χ0) is 20.5. The largest absolute Gasteiger partial charge is 0.490 e. The van der Waals surface area contributed by atoms with Gasteiger partial charge in [0.2, 0.25) is 5.71 Å². The number of rotatable bonds is 10. The van der Waals surface area contributed by atoms with Crippen molar-refractivity contribution in [2.45, 2.75) is 13.8 Å². The number of carbonyl (C=O) groups excluding carboxylic acids is 1. The van der Waals surface area contributed by atoms with Crippen molar-refractivity contribution in [1.82, 2.24) is 0 Å². The van der Waals surface area contributed by atoms with Crippen LogP contribution in [0.2, 0.25) is 0 Å². The second-order valence-corrected chi connectivity index (χ2v) is 6.95. The van der Waals surface area contributed by atoms with E-state index < -0.39 is 5.97 Å². The second kappa shape index (κ2) is 10.5. The van der Waals surface area contributed by atoms with Gasteiger partial charge in [-0.05, 0) is 48.9 Å². The molecule has 2 aromatic carbocycles. The molecule has 3 aromatic rings. The summed E-state index contributed by atoms with van der Waals surface area (Å²) in [6.45, 7) is 4.96. The maximum Gasteiger partial charge on any atom is 0.361 e. The third kappa shape index (κ3) is 5.71. The van der Waals surface area contributed by atoms with Crippen LogP contribution in [0.25, 0.3) is 10.8 Å². The van der Waals surface area contributed by atoms with Crippen molar-refractivity contribution in [2.24, 2.45) is 5.16 Å². The summed E-state index contributed by atoms with van der Waals surface area (Å²) in [6.07, 6.45) is 0. The first kappa shape index (κ1) is 20.7. The molecule has 1 heterocycles. The average Bonchev–Trinajstić information content (AvgIpc) is 3.20. The first-order valence-corrected chi connectivity index (χ1v) is 10.2. The van der Waals surface area contributed by atoms with Crippen LogP contribution in [0.15, 0.2) is 59.8 Å². The van der Waals surface area contributed by atoms with Crippen molar-refractivity contribution < 1.29 is 23.8 Å². The molecule has 152 valence electrons. The van der Waals surface area contributed by atoms with E-state index in [-0.39, 0.29) is 12.3 Å². The van der Waals surface area contributed by atoms with Crippen molar-refractivity contribution >= 4 is 33.8 Å². The van der Waals surface area contributed by atoms with Gasteiger partial charge in [0.15, 0.2) is 5.06 Å². The van der Waals surface area contributed by atoms with Crippen molar-refractivity contribution in [2.75, 3.05) is 26.4 Å². The molecule has 6 nitrogen and oxygen atoms in total. The van der Waals surface area contributed by atoms with Gasteiger partial charge in [-0.1, -0.05) is 46.8 Å². The van der Waals surface area contributed by atoms with Gasteiger partial charge < -0.3 is 19.0 Å². The predicted octanol–water partition coefficient (Wildman–Crippen LogP) is 4.66. The van der Waals surface area contributed by atoms with Crippen LogP contribution in [0, 0.1) is 0 Å². The number of carbonyl (C=O) groups is 1. The molecule has 0 radical (unpaired) electrons. The summed E-state index contributed by atoms with van der Waals surface area (Å²) >= 11 is 1.30. The fraction of sp³-hybridized carbons (Fsp3) is 0.273. The van der Waals surface area contributed by atoms with E-state index in [2.05, 4.69) is 17.3 Å². The fourth-order valence-electron chi connectivity index (χ4n) is 2.60. The standard InChI is InChI=1S/C22H23NO5S/c1-3-25-22(24)21(23-28-4-2)19-11-12-20(29-19)27-14-13-26-18-10-9-16-7-5-6-8-17(16)15-18/h5-12,15H,3-4,13-14H2,1-2H3/b23-21-. The zero-order valence-corrected chi connectivity index (χ0v) is 17.2. The Balaban J connectivity index is 1.54. The molecule has 0 aliphatic heterocycles. The summed E-state index contributed by atoms with van der Waals surface area (Å²) in [4.78, 5) is 17.7. The van der Waals surface area contributed by atoms with E-state index in [0.717, 1.165) is 11.1 Å². The molecule has 0 fully saturated rings. The molecule has 0 unspecified atom stereocenters. The SMILES string of the molecule is CCO/N=C(\C(=O)OCC)c1ccc(OCCOc2ccc3ccccc3c2)s1. The van der Waals surface area contributed by atoms with E-state index in [1.807, 2.05) is 30.3 Å². The molecular formula is C22H23NO5S. The van der Waals surface area contributed by atoms with Gasteiger partial charge in [-0.25, -0.2) is 4.79 Å². The van der Waals surface area contributed by atoms with Gasteiger partial charge in [0.05, 0.1) is 11.5 Å². The number of thiophene rings is 1. The lowest BCUT2D eigenvalue weighted by Gasteiger charge is -2.08. The third-order valence-electron chi connectivity index (χ3n) is 3.89. The molecule has 0 N–H and O–H groups in total. The van der Waals surface area contributed by atoms with Gasteiger partial charge >= 0.3 is 5.97 Å². The van der Waals surface area contributed by atoms with E-state index in [1.165, 1.54) is 16.7 Å². The highest BCUT2D eigenvalue weighted by molar-refractivity contribution is 7.16. The molecule has 0 saturated carbocycles. The molecule has 3 rings (SSSR count). The third-order valence-corrected chi connectivity index (χ3v) is 4.89. The fourth-order valence-corrected chi connectivity index (χ4v) is 3.44. The van der Waals surface area contributed by atoms with Gasteiger partial charge in [0.25, 0.3) is 0 Å². The van der Waals surface area contributed by atoms with Gasteiger partial charge in [-0.15, -0.1) is 0 Å². The number of hydrogen-bond donors (Lipinski definition) is 0. The monoisotopic (exact) mass is 413 g/mol.